The fourth-order valence-corrected chi connectivity index (χ4v) is 3.15. The normalized spacial score (nSPS) is 16.9. The molecule has 0 atom stereocenters. The highest BCUT2D eigenvalue weighted by Crippen LogP contribution is 2.25. The van der Waals surface area contributed by atoms with Gasteiger partial charge in [-0.1, -0.05) is 39.0 Å². The predicted octanol–water partition coefficient (Wildman–Crippen LogP) is 3.65. The molecule has 1 aromatic rings. The molecule has 0 amide bonds. The third-order valence-corrected chi connectivity index (χ3v) is 4.40. The van der Waals surface area contributed by atoms with E-state index in [0.29, 0.717) is 12.6 Å². The molecule has 1 aromatic heterocycles. The Labute approximate surface area is 123 Å². The van der Waals surface area contributed by atoms with Crippen molar-refractivity contribution >= 4 is 5.82 Å². The van der Waals surface area contributed by atoms with Gasteiger partial charge in [0.05, 0.1) is 0 Å². The lowest BCUT2D eigenvalue weighted by Crippen LogP contribution is -2.32. The van der Waals surface area contributed by atoms with Gasteiger partial charge >= 0.3 is 0 Å². The fourth-order valence-electron chi connectivity index (χ4n) is 3.15. The Morgan fingerprint density at radius 2 is 1.90 bits per heavy atom. The molecule has 0 bridgehead atoms. The van der Waals surface area contributed by atoms with E-state index < -0.39 is 0 Å². The van der Waals surface area contributed by atoms with Crippen molar-refractivity contribution in [2.24, 2.45) is 5.73 Å². The zero-order valence-electron chi connectivity index (χ0n) is 13.1. The Bertz CT molecular complexity index is 409. The first-order valence-electron chi connectivity index (χ1n) is 8.17. The minimum Gasteiger partial charge on any atom is -0.357 e. The highest BCUT2D eigenvalue weighted by atomic mass is 15.2. The highest BCUT2D eigenvalue weighted by Gasteiger charge is 2.18. The number of aromatic nitrogens is 1. The van der Waals surface area contributed by atoms with Crippen LogP contribution in [0, 0.1) is 0 Å². The summed E-state index contributed by atoms with van der Waals surface area (Å²) in [5.41, 5.74) is 8.23. The van der Waals surface area contributed by atoms with Crippen molar-refractivity contribution in [1.82, 2.24) is 4.98 Å². The summed E-state index contributed by atoms with van der Waals surface area (Å²) < 4.78 is 0. The van der Waals surface area contributed by atoms with Crippen LogP contribution in [-0.4, -0.2) is 18.1 Å². The van der Waals surface area contributed by atoms with E-state index >= 15 is 0 Å². The lowest BCUT2D eigenvalue weighted by atomic mass is 10.1. The summed E-state index contributed by atoms with van der Waals surface area (Å²) in [7, 11) is 2.20. The van der Waals surface area contributed by atoms with E-state index in [1.165, 1.54) is 49.8 Å². The molecule has 2 rings (SSSR count). The van der Waals surface area contributed by atoms with Gasteiger partial charge in [-0.2, -0.15) is 0 Å². The van der Waals surface area contributed by atoms with Crippen molar-refractivity contribution in [3.05, 3.63) is 23.4 Å². The number of hydrogen-bond acceptors (Lipinski definition) is 3. The molecule has 0 aromatic carbocycles. The molecule has 1 aliphatic rings. The van der Waals surface area contributed by atoms with Crippen molar-refractivity contribution in [2.45, 2.75) is 70.9 Å². The maximum Gasteiger partial charge on any atom is 0.129 e. The molecule has 0 radical (unpaired) electrons. The summed E-state index contributed by atoms with van der Waals surface area (Å²) in [6.07, 6.45) is 10.3. The average Bonchev–Trinajstić information content (AvgIpc) is 2.75. The zero-order chi connectivity index (χ0) is 14.4. The van der Waals surface area contributed by atoms with Gasteiger partial charge in [-0.15, -0.1) is 0 Å². The van der Waals surface area contributed by atoms with Crippen LogP contribution in [0.15, 0.2) is 12.1 Å². The Morgan fingerprint density at radius 1 is 1.20 bits per heavy atom. The van der Waals surface area contributed by atoms with Gasteiger partial charge in [0.25, 0.3) is 0 Å². The summed E-state index contributed by atoms with van der Waals surface area (Å²) >= 11 is 0. The van der Waals surface area contributed by atoms with E-state index in [9.17, 15) is 0 Å². The van der Waals surface area contributed by atoms with Crippen LogP contribution >= 0.6 is 0 Å². The quantitative estimate of drug-likeness (QED) is 0.834. The highest BCUT2D eigenvalue weighted by molar-refractivity contribution is 5.43. The molecule has 0 spiro atoms. The predicted molar refractivity (Wildman–Crippen MR) is 86.0 cm³/mol. The number of rotatable bonds is 5. The third-order valence-electron chi connectivity index (χ3n) is 4.40. The van der Waals surface area contributed by atoms with E-state index in [4.69, 9.17) is 10.7 Å². The second-order valence-corrected chi connectivity index (χ2v) is 6.04. The smallest absolute Gasteiger partial charge is 0.129 e. The molecule has 0 aliphatic heterocycles. The molecule has 112 valence electrons. The van der Waals surface area contributed by atoms with E-state index in [-0.39, 0.29) is 0 Å². The molecule has 1 saturated carbocycles. The van der Waals surface area contributed by atoms with Crippen molar-refractivity contribution < 1.29 is 0 Å². The van der Waals surface area contributed by atoms with E-state index in [1.807, 2.05) is 0 Å². The minimum absolute atomic E-state index is 0.602. The number of nitrogens with two attached hydrogens (primary N) is 1. The topological polar surface area (TPSA) is 42.1 Å². The van der Waals surface area contributed by atoms with Gasteiger partial charge in [0.2, 0.25) is 0 Å². The van der Waals surface area contributed by atoms with Crippen molar-refractivity contribution in [1.29, 1.82) is 0 Å². The summed E-state index contributed by atoms with van der Waals surface area (Å²) in [6, 6.07) is 4.98. The van der Waals surface area contributed by atoms with Crippen LogP contribution < -0.4 is 10.6 Å². The standard InChI is InChI=1S/C17H29N3/c1-3-8-15-11-14(13-18)12-17(19-15)20(2)16-9-6-4-5-7-10-16/h11-12,16H,3-10,13,18H2,1-2H3. The SMILES string of the molecule is CCCc1cc(CN)cc(N(C)C2CCCCCC2)n1. The summed E-state index contributed by atoms with van der Waals surface area (Å²) in [5, 5.41) is 0. The molecule has 1 heterocycles. The molecule has 20 heavy (non-hydrogen) atoms. The van der Waals surface area contributed by atoms with E-state index in [1.54, 1.807) is 0 Å². The van der Waals surface area contributed by atoms with Crippen LogP contribution in [0.4, 0.5) is 5.82 Å². The van der Waals surface area contributed by atoms with Gasteiger partial charge in [-0.3, -0.25) is 0 Å². The van der Waals surface area contributed by atoms with Gasteiger partial charge in [0.15, 0.2) is 0 Å². The summed E-state index contributed by atoms with van der Waals surface area (Å²) in [5.74, 6) is 1.11. The maximum atomic E-state index is 5.84. The Kier molecular flexibility index (Phi) is 5.84. The van der Waals surface area contributed by atoms with Gasteiger partial charge in [0.1, 0.15) is 5.82 Å². The molecule has 1 aliphatic carbocycles. The summed E-state index contributed by atoms with van der Waals surface area (Å²) in [4.78, 5) is 7.24. The zero-order valence-corrected chi connectivity index (χ0v) is 13.1. The van der Waals surface area contributed by atoms with Crippen molar-refractivity contribution in [2.75, 3.05) is 11.9 Å². The molecule has 0 saturated heterocycles. The monoisotopic (exact) mass is 275 g/mol. The van der Waals surface area contributed by atoms with Crippen LogP contribution in [0.25, 0.3) is 0 Å². The van der Waals surface area contributed by atoms with Crippen LogP contribution in [0.3, 0.4) is 0 Å². The summed E-state index contributed by atoms with van der Waals surface area (Å²) in [6.45, 7) is 2.80. The number of pyridine rings is 1. The third kappa shape index (κ3) is 3.95. The van der Waals surface area contributed by atoms with E-state index in [2.05, 4.69) is 31.0 Å². The molecule has 1 fully saturated rings. The lowest BCUT2D eigenvalue weighted by molar-refractivity contribution is 0.548. The Hall–Kier alpha value is -1.09. The maximum absolute atomic E-state index is 5.84. The second-order valence-electron chi connectivity index (χ2n) is 6.04. The average molecular weight is 275 g/mol. The largest absolute Gasteiger partial charge is 0.357 e. The molecule has 3 nitrogen and oxygen atoms in total. The molecule has 3 heteroatoms. The first-order chi connectivity index (χ1) is 9.74. The van der Waals surface area contributed by atoms with Crippen molar-refractivity contribution in [3.63, 3.8) is 0 Å². The molecular weight excluding hydrogens is 246 g/mol. The Balaban J connectivity index is 2.18. The number of nitrogens with zero attached hydrogens (tertiary/aromatic N) is 2. The molecule has 0 unspecified atom stereocenters. The lowest BCUT2D eigenvalue weighted by Gasteiger charge is -2.29. The van der Waals surface area contributed by atoms with E-state index in [0.717, 1.165) is 18.7 Å². The van der Waals surface area contributed by atoms with Crippen LogP contribution in [0.2, 0.25) is 0 Å². The van der Waals surface area contributed by atoms with Gasteiger partial charge in [-0.05, 0) is 37.0 Å². The Morgan fingerprint density at radius 3 is 2.50 bits per heavy atom. The van der Waals surface area contributed by atoms with Crippen LogP contribution in [0.5, 0.6) is 0 Å². The first kappa shape index (κ1) is 15.3. The number of hydrogen-bond donors (Lipinski definition) is 1. The number of anilines is 1. The minimum atomic E-state index is 0.602. The van der Waals surface area contributed by atoms with Crippen LogP contribution in [0.1, 0.15) is 63.1 Å². The van der Waals surface area contributed by atoms with Gasteiger partial charge in [0, 0.05) is 25.3 Å². The second kappa shape index (κ2) is 7.63. The van der Waals surface area contributed by atoms with Gasteiger partial charge in [-0.25, -0.2) is 4.98 Å². The number of aryl methyl sites for hydroxylation is 1. The van der Waals surface area contributed by atoms with Gasteiger partial charge < -0.3 is 10.6 Å². The van der Waals surface area contributed by atoms with Crippen LogP contribution in [-0.2, 0) is 13.0 Å². The fraction of sp³-hybridized carbons (Fsp3) is 0.706. The van der Waals surface area contributed by atoms with Crippen molar-refractivity contribution in [3.8, 4) is 0 Å². The molecular formula is C17H29N3. The first-order valence-corrected chi connectivity index (χ1v) is 8.17. The molecule has 2 N–H and O–H groups in total.